The topological polar surface area (TPSA) is 59.6 Å². The van der Waals surface area contributed by atoms with Gasteiger partial charge in [-0.15, -0.1) is 0 Å². The van der Waals surface area contributed by atoms with Gasteiger partial charge in [-0.2, -0.15) is 0 Å². The second-order valence-electron chi connectivity index (χ2n) is 8.74. The van der Waals surface area contributed by atoms with Gasteiger partial charge in [0.05, 0.1) is 13.2 Å². The van der Waals surface area contributed by atoms with Gasteiger partial charge < -0.3 is 20.1 Å². The predicted octanol–water partition coefficient (Wildman–Crippen LogP) is 6.18. The van der Waals surface area contributed by atoms with E-state index in [4.69, 9.17) is 21.7 Å². The van der Waals surface area contributed by atoms with Gasteiger partial charge in [-0.05, 0) is 86.8 Å². The summed E-state index contributed by atoms with van der Waals surface area (Å²) in [6.45, 7) is 11.3. The van der Waals surface area contributed by atoms with Crippen molar-refractivity contribution in [2.45, 2.75) is 60.3 Å². The molecule has 0 heterocycles. The maximum atomic E-state index is 12.7. The smallest absolute Gasteiger partial charge is 0.231 e. The van der Waals surface area contributed by atoms with Crippen molar-refractivity contribution in [2.75, 3.05) is 18.5 Å². The largest absolute Gasteiger partial charge is 0.494 e. The standard InChI is InChI=1S/C26H36N2O3S/c1-6-7-16-30-22-13-11-21(12-14-22)27-25(32)28-24(29)26(4,5)15-8-17-31-23-18-19(2)9-10-20(23)3/h9-14,18H,6-8,15-17H2,1-5H3,(H2,27,28,29,32). The fraction of sp³-hybridized carbons (Fsp3) is 0.462. The number of aryl methyl sites for hydroxylation is 2. The lowest BCUT2D eigenvalue weighted by Gasteiger charge is -2.24. The van der Waals surface area contributed by atoms with Gasteiger partial charge in [0, 0.05) is 11.1 Å². The highest BCUT2D eigenvalue weighted by atomic mass is 32.1. The number of ether oxygens (including phenoxy) is 2. The molecule has 6 heteroatoms. The molecule has 2 N–H and O–H groups in total. The number of rotatable bonds is 11. The molecule has 0 unspecified atom stereocenters. The van der Waals surface area contributed by atoms with E-state index in [0.29, 0.717) is 19.6 Å². The zero-order valence-electron chi connectivity index (χ0n) is 19.9. The van der Waals surface area contributed by atoms with Crippen LogP contribution >= 0.6 is 12.2 Å². The Kier molecular flexibility index (Phi) is 9.97. The normalized spacial score (nSPS) is 11.0. The third kappa shape index (κ3) is 8.50. The number of thiocarbonyl (C=S) groups is 1. The van der Waals surface area contributed by atoms with Crippen molar-refractivity contribution in [1.29, 1.82) is 0 Å². The van der Waals surface area contributed by atoms with Crippen molar-refractivity contribution in [3.63, 3.8) is 0 Å². The quantitative estimate of drug-likeness (QED) is 0.312. The molecular weight excluding hydrogens is 420 g/mol. The van der Waals surface area contributed by atoms with E-state index in [-0.39, 0.29) is 11.0 Å². The maximum Gasteiger partial charge on any atom is 0.231 e. The molecule has 2 aromatic rings. The van der Waals surface area contributed by atoms with E-state index in [9.17, 15) is 4.79 Å². The Morgan fingerprint density at radius 3 is 2.38 bits per heavy atom. The van der Waals surface area contributed by atoms with Crippen LogP contribution in [0.25, 0.3) is 0 Å². The van der Waals surface area contributed by atoms with Gasteiger partial charge in [-0.1, -0.05) is 39.3 Å². The molecule has 0 spiro atoms. The average molecular weight is 457 g/mol. The van der Waals surface area contributed by atoms with Crippen LogP contribution in [-0.2, 0) is 4.79 Å². The monoisotopic (exact) mass is 456 g/mol. The Morgan fingerprint density at radius 1 is 1.00 bits per heavy atom. The molecular formula is C26H36N2O3S. The van der Waals surface area contributed by atoms with Crippen molar-refractivity contribution in [1.82, 2.24) is 5.32 Å². The first-order valence-corrected chi connectivity index (χ1v) is 11.7. The van der Waals surface area contributed by atoms with Gasteiger partial charge in [0.1, 0.15) is 11.5 Å². The molecule has 0 saturated heterocycles. The van der Waals surface area contributed by atoms with Gasteiger partial charge in [0.15, 0.2) is 5.11 Å². The number of carbonyl (C=O) groups excluding carboxylic acids is 1. The predicted molar refractivity (Wildman–Crippen MR) is 136 cm³/mol. The van der Waals surface area contributed by atoms with Crippen LogP contribution < -0.4 is 20.1 Å². The molecule has 0 saturated carbocycles. The molecule has 0 atom stereocenters. The highest BCUT2D eigenvalue weighted by molar-refractivity contribution is 7.80. The van der Waals surface area contributed by atoms with Crippen LogP contribution in [-0.4, -0.2) is 24.2 Å². The first kappa shape index (κ1) is 25.7. The van der Waals surface area contributed by atoms with Crippen LogP contribution in [0.2, 0.25) is 0 Å². The van der Waals surface area contributed by atoms with Gasteiger partial charge in [0.25, 0.3) is 0 Å². The summed E-state index contributed by atoms with van der Waals surface area (Å²) < 4.78 is 11.6. The van der Waals surface area contributed by atoms with Crippen molar-refractivity contribution in [3.05, 3.63) is 53.6 Å². The first-order chi connectivity index (χ1) is 15.2. The molecule has 0 aliphatic rings. The van der Waals surface area contributed by atoms with Crippen molar-refractivity contribution < 1.29 is 14.3 Å². The minimum atomic E-state index is -0.562. The van der Waals surface area contributed by atoms with Gasteiger partial charge in [-0.25, -0.2) is 0 Å². The summed E-state index contributed by atoms with van der Waals surface area (Å²) in [6, 6.07) is 13.7. The lowest BCUT2D eigenvalue weighted by molar-refractivity contribution is -0.128. The molecule has 174 valence electrons. The van der Waals surface area contributed by atoms with Crippen LogP contribution in [0.1, 0.15) is 57.6 Å². The number of unbranched alkanes of at least 4 members (excludes halogenated alkanes) is 1. The molecule has 0 aromatic heterocycles. The van der Waals surface area contributed by atoms with Crippen LogP contribution in [0.15, 0.2) is 42.5 Å². The zero-order valence-corrected chi connectivity index (χ0v) is 20.7. The van der Waals surface area contributed by atoms with E-state index in [1.807, 2.05) is 58.0 Å². The summed E-state index contributed by atoms with van der Waals surface area (Å²) in [5.74, 6) is 1.61. The van der Waals surface area contributed by atoms with Crippen LogP contribution in [0, 0.1) is 19.3 Å². The maximum absolute atomic E-state index is 12.7. The molecule has 32 heavy (non-hydrogen) atoms. The molecule has 5 nitrogen and oxygen atoms in total. The number of hydrogen-bond acceptors (Lipinski definition) is 4. The molecule has 0 fully saturated rings. The second kappa shape index (κ2) is 12.4. The number of anilines is 1. The molecule has 2 rings (SSSR count). The number of hydrogen-bond donors (Lipinski definition) is 2. The van der Waals surface area contributed by atoms with E-state index in [0.717, 1.165) is 42.0 Å². The highest BCUT2D eigenvalue weighted by Gasteiger charge is 2.27. The van der Waals surface area contributed by atoms with E-state index < -0.39 is 5.41 Å². The van der Waals surface area contributed by atoms with Crippen LogP contribution in [0.3, 0.4) is 0 Å². The third-order valence-corrected chi connectivity index (χ3v) is 5.47. The Labute approximate surface area is 197 Å². The summed E-state index contributed by atoms with van der Waals surface area (Å²) in [5, 5.41) is 6.16. The fourth-order valence-corrected chi connectivity index (χ4v) is 3.29. The summed E-state index contributed by atoms with van der Waals surface area (Å²) >= 11 is 5.33. The van der Waals surface area contributed by atoms with Gasteiger partial charge in [0.2, 0.25) is 5.91 Å². The minimum Gasteiger partial charge on any atom is -0.494 e. The molecule has 0 aliphatic carbocycles. The van der Waals surface area contributed by atoms with E-state index in [2.05, 4.69) is 29.7 Å². The average Bonchev–Trinajstić information content (AvgIpc) is 2.75. The summed E-state index contributed by atoms with van der Waals surface area (Å²) in [5.41, 5.74) is 2.53. The van der Waals surface area contributed by atoms with Crippen molar-refractivity contribution in [2.24, 2.45) is 5.41 Å². The molecule has 0 radical (unpaired) electrons. The third-order valence-electron chi connectivity index (χ3n) is 5.27. The lowest BCUT2D eigenvalue weighted by Crippen LogP contribution is -2.42. The lowest BCUT2D eigenvalue weighted by atomic mass is 9.87. The Bertz CT molecular complexity index is 894. The number of benzene rings is 2. The molecule has 0 bridgehead atoms. The van der Waals surface area contributed by atoms with Crippen molar-refractivity contribution >= 4 is 28.9 Å². The summed E-state index contributed by atoms with van der Waals surface area (Å²) in [4.78, 5) is 12.7. The van der Waals surface area contributed by atoms with E-state index in [1.165, 1.54) is 5.56 Å². The zero-order chi connectivity index (χ0) is 23.6. The Balaban J connectivity index is 1.76. The molecule has 1 amide bonds. The summed E-state index contributed by atoms with van der Waals surface area (Å²) in [6.07, 6.45) is 3.59. The Hall–Kier alpha value is -2.60. The van der Waals surface area contributed by atoms with E-state index in [1.54, 1.807) is 0 Å². The number of nitrogens with one attached hydrogen (secondary N) is 2. The number of carbonyl (C=O) groups is 1. The second-order valence-corrected chi connectivity index (χ2v) is 9.15. The van der Waals surface area contributed by atoms with Gasteiger partial charge >= 0.3 is 0 Å². The minimum absolute atomic E-state index is 0.110. The molecule has 2 aromatic carbocycles. The first-order valence-electron chi connectivity index (χ1n) is 11.3. The summed E-state index contributed by atoms with van der Waals surface area (Å²) in [7, 11) is 0. The molecule has 0 aliphatic heterocycles. The Morgan fingerprint density at radius 2 is 1.69 bits per heavy atom. The van der Waals surface area contributed by atoms with Crippen LogP contribution in [0.4, 0.5) is 5.69 Å². The SMILES string of the molecule is CCCCOc1ccc(NC(=S)NC(=O)C(C)(C)CCCOc2cc(C)ccc2C)cc1. The van der Waals surface area contributed by atoms with Crippen LogP contribution in [0.5, 0.6) is 11.5 Å². The van der Waals surface area contributed by atoms with Crippen molar-refractivity contribution in [3.8, 4) is 11.5 Å². The van der Waals surface area contributed by atoms with Gasteiger partial charge in [-0.3, -0.25) is 4.79 Å². The fourth-order valence-electron chi connectivity index (χ4n) is 3.08. The van der Waals surface area contributed by atoms with E-state index >= 15 is 0 Å². The highest BCUT2D eigenvalue weighted by Crippen LogP contribution is 2.24. The number of amides is 1.